The minimum Gasteiger partial charge on any atom is -0.483 e. The molecule has 0 aromatic heterocycles. The van der Waals surface area contributed by atoms with Crippen molar-refractivity contribution >= 4 is 38.7 Å². The highest BCUT2D eigenvalue weighted by atomic mass is 79.9. The number of fused-ring (bicyclic) bond motifs is 1. The normalized spacial score (nSPS) is 15.2. The Labute approximate surface area is 179 Å². The largest absolute Gasteiger partial charge is 0.483 e. The predicted octanol–water partition coefficient (Wildman–Crippen LogP) is 4.50. The van der Waals surface area contributed by atoms with Gasteiger partial charge in [0.1, 0.15) is 11.4 Å². The molecule has 29 heavy (non-hydrogen) atoms. The van der Waals surface area contributed by atoms with Gasteiger partial charge in [-0.2, -0.15) is 0 Å². The number of hydrogen-bond donors (Lipinski definition) is 1. The molecule has 2 aromatic rings. The maximum absolute atomic E-state index is 12.5. The van der Waals surface area contributed by atoms with Crippen LogP contribution in [0.5, 0.6) is 5.75 Å². The number of halogens is 1. The molecule has 0 aliphatic carbocycles. The van der Waals surface area contributed by atoms with Gasteiger partial charge in [-0.3, -0.25) is 4.79 Å². The van der Waals surface area contributed by atoms with Gasteiger partial charge in [0, 0.05) is 19.1 Å². The van der Waals surface area contributed by atoms with E-state index in [2.05, 4.69) is 21.2 Å². The molecule has 0 radical (unpaired) electrons. The number of alkyl carbamates (subject to hydrolysis) is 1. The van der Waals surface area contributed by atoms with Crippen LogP contribution in [0.4, 0.5) is 4.79 Å². The molecule has 156 valence electrons. The Hall–Kier alpha value is -2.28. The molecule has 3 rings (SSSR count). The van der Waals surface area contributed by atoms with Gasteiger partial charge in [0.05, 0.1) is 4.47 Å². The summed E-state index contributed by atoms with van der Waals surface area (Å²) in [7, 11) is 0. The number of rotatable bonds is 4. The lowest BCUT2D eigenvalue weighted by molar-refractivity contribution is -0.134. The summed E-state index contributed by atoms with van der Waals surface area (Å²) in [5.41, 5.74) is -0.519. The van der Waals surface area contributed by atoms with Crippen molar-refractivity contribution in [1.82, 2.24) is 10.2 Å². The molecule has 0 saturated carbocycles. The Balaban J connectivity index is 1.48. The highest BCUT2D eigenvalue weighted by molar-refractivity contribution is 9.10. The van der Waals surface area contributed by atoms with Crippen LogP contribution < -0.4 is 10.1 Å². The van der Waals surface area contributed by atoms with Gasteiger partial charge in [-0.25, -0.2) is 4.79 Å². The molecule has 0 unspecified atom stereocenters. The van der Waals surface area contributed by atoms with E-state index in [1.54, 1.807) is 4.90 Å². The van der Waals surface area contributed by atoms with E-state index in [1.165, 1.54) is 0 Å². The predicted molar refractivity (Wildman–Crippen MR) is 116 cm³/mol. The summed E-state index contributed by atoms with van der Waals surface area (Å²) in [5.74, 6) is 0.597. The first-order valence-electron chi connectivity index (χ1n) is 9.80. The van der Waals surface area contributed by atoms with Crippen LogP contribution in [0.25, 0.3) is 10.8 Å². The second-order valence-corrected chi connectivity index (χ2v) is 8.98. The maximum atomic E-state index is 12.5. The molecule has 0 atom stereocenters. The van der Waals surface area contributed by atoms with Crippen molar-refractivity contribution in [1.29, 1.82) is 0 Å². The molecule has 2 amide bonds. The van der Waals surface area contributed by atoms with E-state index in [0.29, 0.717) is 31.7 Å². The van der Waals surface area contributed by atoms with Crippen molar-refractivity contribution in [2.75, 3.05) is 19.7 Å². The molecule has 1 N–H and O–H groups in total. The van der Waals surface area contributed by atoms with E-state index in [9.17, 15) is 9.59 Å². The van der Waals surface area contributed by atoms with Crippen LogP contribution in [0.1, 0.15) is 33.6 Å². The maximum Gasteiger partial charge on any atom is 0.407 e. The molecular formula is C22H27BrN2O4. The highest BCUT2D eigenvalue weighted by Gasteiger charge is 2.26. The highest BCUT2D eigenvalue weighted by Crippen LogP contribution is 2.33. The third kappa shape index (κ3) is 5.85. The summed E-state index contributed by atoms with van der Waals surface area (Å²) >= 11 is 3.58. The number of carbonyl (C=O) groups excluding carboxylic acids is 2. The summed E-state index contributed by atoms with van der Waals surface area (Å²) in [6.07, 6.45) is 0.988. The van der Waals surface area contributed by atoms with E-state index >= 15 is 0 Å². The summed E-state index contributed by atoms with van der Waals surface area (Å²) in [5, 5.41) is 5.04. The Morgan fingerprint density at radius 2 is 1.83 bits per heavy atom. The Morgan fingerprint density at radius 1 is 1.14 bits per heavy atom. The first-order chi connectivity index (χ1) is 13.7. The van der Waals surface area contributed by atoms with Crippen LogP contribution in [-0.2, 0) is 9.53 Å². The number of ether oxygens (including phenoxy) is 2. The first-order valence-corrected chi connectivity index (χ1v) is 10.6. The van der Waals surface area contributed by atoms with Gasteiger partial charge < -0.3 is 19.7 Å². The second-order valence-electron chi connectivity index (χ2n) is 8.19. The number of piperidine rings is 1. The summed E-state index contributed by atoms with van der Waals surface area (Å²) in [6, 6.07) is 11.9. The fraction of sp³-hybridized carbons (Fsp3) is 0.455. The fourth-order valence-electron chi connectivity index (χ4n) is 3.30. The average Bonchev–Trinajstić information content (AvgIpc) is 2.66. The molecule has 1 aliphatic heterocycles. The van der Waals surface area contributed by atoms with Crippen molar-refractivity contribution in [3.8, 4) is 5.75 Å². The van der Waals surface area contributed by atoms with E-state index in [4.69, 9.17) is 9.47 Å². The fourth-order valence-corrected chi connectivity index (χ4v) is 3.91. The molecule has 7 heteroatoms. The van der Waals surface area contributed by atoms with Crippen molar-refractivity contribution < 1.29 is 19.1 Å². The minimum atomic E-state index is -0.519. The molecule has 2 aromatic carbocycles. The first kappa shape index (κ1) is 21.4. The van der Waals surface area contributed by atoms with E-state index in [1.807, 2.05) is 57.2 Å². The van der Waals surface area contributed by atoms with Crippen LogP contribution >= 0.6 is 15.9 Å². The van der Waals surface area contributed by atoms with Crippen LogP contribution in [0.3, 0.4) is 0 Å². The SMILES string of the molecule is CC(C)(C)OC(=O)NC1CCN(C(=O)COc2ccc3ccccc3c2Br)CC1. The Bertz CT molecular complexity index is 886. The lowest BCUT2D eigenvalue weighted by atomic mass is 10.1. The topological polar surface area (TPSA) is 67.9 Å². The van der Waals surface area contributed by atoms with Crippen LogP contribution in [0.15, 0.2) is 40.9 Å². The third-order valence-electron chi connectivity index (χ3n) is 4.75. The number of hydrogen-bond acceptors (Lipinski definition) is 4. The van der Waals surface area contributed by atoms with E-state index < -0.39 is 11.7 Å². The standard InChI is InChI=1S/C22H27BrN2O4/c1-22(2,3)29-21(27)24-16-10-12-25(13-11-16)19(26)14-28-18-9-8-15-6-4-5-7-17(15)20(18)23/h4-9,16H,10-14H2,1-3H3,(H,24,27). The van der Waals surface area contributed by atoms with Gasteiger partial charge in [-0.15, -0.1) is 0 Å². The zero-order valence-corrected chi connectivity index (χ0v) is 18.6. The Morgan fingerprint density at radius 3 is 2.52 bits per heavy atom. The second kappa shape index (κ2) is 9.03. The molecule has 1 heterocycles. The lowest BCUT2D eigenvalue weighted by Gasteiger charge is -2.32. The van der Waals surface area contributed by atoms with E-state index in [0.717, 1.165) is 15.2 Å². The monoisotopic (exact) mass is 462 g/mol. The molecule has 1 fully saturated rings. The van der Waals surface area contributed by atoms with Crippen LogP contribution in [0, 0.1) is 0 Å². The minimum absolute atomic E-state index is 0.0128. The van der Waals surface area contributed by atoms with Crippen LogP contribution in [0.2, 0.25) is 0 Å². The van der Waals surface area contributed by atoms with Gasteiger partial charge in [-0.1, -0.05) is 30.3 Å². The van der Waals surface area contributed by atoms with Crippen molar-refractivity contribution in [2.45, 2.75) is 45.3 Å². The van der Waals surface area contributed by atoms with Crippen molar-refractivity contribution in [3.05, 3.63) is 40.9 Å². The number of carbonyl (C=O) groups is 2. The number of nitrogens with zero attached hydrogens (tertiary/aromatic N) is 1. The quantitative estimate of drug-likeness (QED) is 0.726. The molecule has 6 nitrogen and oxygen atoms in total. The van der Waals surface area contributed by atoms with Crippen molar-refractivity contribution in [3.63, 3.8) is 0 Å². The molecule has 0 bridgehead atoms. The average molecular weight is 463 g/mol. The van der Waals surface area contributed by atoms with Gasteiger partial charge >= 0.3 is 6.09 Å². The van der Waals surface area contributed by atoms with Gasteiger partial charge in [0.25, 0.3) is 5.91 Å². The van der Waals surface area contributed by atoms with E-state index in [-0.39, 0.29) is 18.6 Å². The Kier molecular flexibility index (Phi) is 6.67. The van der Waals surface area contributed by atoms with Gasteiger partial charge in [0.2, 0.25) is 0 Å². The number of benzene rings is 2. The molecule has 0 spiro atoms. The van der Waals surface area contributed by atoms with Gasteiger partial charge in [-0.05, 0) is 66.4 Å². The zero-order valence-electron chi connectivity index (χ0n) is 17.0. The van der Waals surface area contributed by atoms with Gasteiger partial charge in [0.15, 0.2) is 6.61 Å². The lowest BCUT2D eigenvalue weighted by Crippen LogP contribution is -2.48. The van der Waals surface area contributed by atoms with Crippen LogP contribution in [-0.4, -0.2) is 48.2 Å². The number of likely N-dealkylation sites (tertiary alicyclic amines) is 1. The summed E-state index contributed by atoms with van der Waals surface area (Å²) in [6.45, 7) is 6.66. The summed E-state index contributed by atoms with van der Waals surface area (Å²) < 4.78 is 11.9. The smallest absolute Gasteiger partial charge is 0.407 e. The number of amides is 2. The molecule has 1 aliphatic rings. The number of nitrogens with one attached hydrogen (secondary N) is 1. The van der Waals surface area contributed by atoms with Crippen molar-refractivity contribution in [2.24, 2.45) is 0 Å². The zero-order chi connectivity index (χ0) is 21.0. The molecule has 1 saturated heterocycles. The summed E-state index contributed by atoms with van der Waals surface area (Å²) in [4.78, 5) is 26.2. The third-order valence-corrected chi connectivity index (χ3v) is 5.57. The molecular weight excluding hydrogens is 436 g/mol.